The Bertz CT molecular complexity index is 595. The first-order valence-corrected chi connectivity index (χ1v) is 12.3. The van der Waals surface area contributed by atoms with E-state index in [4.69, 9.17) is 0 Å². The Morgan fingerprint density at radius 2 is 1.96 bits per heavy atom. The third-order valence-corrected chi connectivity index (χ3v) is 10.1. The standard InChI is InChI=1S/C26H45NO/c1-17(12-14-25(2,3)27-5)23-10-11-24-22-8-6-18-16-19(28)7-9-20(18)21(22)13-15-26(23,24)4/h6,17,19-24,27-28H,7-16H2,1-5H3. The van der Waals surface area contributed by atoms with E-state index in [0.29, 0.717) is 5.41 Å². The Morgan fingerprint density at radius 1 is 1.18 bits per heavy atom. The van der Waals surface area contributed by atoms with Crippen molar-refractivity contribution in [1.29, 1.82) is 0 Å². The lowest BCUT2D eigenvalue weighted by atomic mass is 9.51. The second-order valence-corrected chi connectivity index (χ2v) is 11.9. The van der Waals surface area contributed by atoms with Crippen LogP contribution in [0.3, 0.4) is 0 Å². The lowest BCUT2D eigenvalue weighted by molar-refractivity contribution is -0.0298. The van der Waals surface area contributed by atoms with Crippen molar-refractivity contribution in [2.45, 2.75) is 104 Å². The number of hydrogen-bond donors (Lipinski definition) is 2. The van der Waals surface area contributed by atoms with E-state index in [-0.39, 0.29) is 11.6 Å². The van der Waals surface area contributed by atoms with E-state index < -0.39 is 0 Å². The molecule has 0 aliphatic heterocycles. The van der Waals surface area contributed by atoms with Gasteiger partial charge in [0.05, 0.1) is 6.10 Å². The molecule has 4 aliphatic rings. The summed E-state index contributed by atoms with van der Waals surface area (Å²) in [5.41, 5.74) is 2.46. The van der Waals surface area contributed by atoms with E-state index in [9.17, 15) is 5.11 Å². The highest BCUT2D eigenvalue weighted by molar-refractivity contribution is 5.20. The second kappa shape index (κ2) is 7.73. The maximum Gasteiger partial charge on any atom is 0.0577 e. The lowest BCUT2D eigenvalue weighted by Gasteiger charge is -2.54. The molecule has 2 nitrogen and oxygen atoms in total. The summed E-state index contributed by atoms with van der Waals surface area (Å²) in [5.74, 6) is 5.36. The van der Waals surface area contributed by atoms with Crippen molar-refractivity contribution >= 4 is 0 Å². The summed E-state index contributed by atoms with van der Waals surface area (Å²) in [7, 11) is 2.11. The molecule has 0 aromatic carbocycles. The molecule has 0 aromatic rings. The summed E-state index contributed by atoms with van der Waals surface area (Å²) in [6.07, 6.45) is 15.5. The van der Waals surface area contributed by atoms with E-state index in [1.54, 1.807) is 5.57 Å². The van der Waals surface area contributed by atoms with Crippen molar-refractivity contribution in [3.63, 3.8) is 0 Å². The number of nitrogens with one attached hydrogen (secondary N) is 1. The van der Waals surface area contributed by atoms with Crippen LogP contribution in [0, 0.1) is 40.9 Å². The van der Waals surface area contributed by atoms with Crippen LogP contribution in [0.2, 0.25) is 0 Å². The molecule has 0 radical (unpaired) electrons. The average Bonchev–Trinajstić information content (AvgIpc) is 3.03. The average molecular weight is 388 g/mol. The Balaban J connectivity index is 1.46. The lowest BCUT2D eigenvalue weighted by Crippen LogP contribution is -2.47. The van der Waals surface area contributed by atoms with Crippen molar-refractivity contribution in [2.75, 3.05) is 7.05 Å². The molecular weight excluding hydrogens is 342 g/mol. The predicted molar refractivity (Wildman–Crippen MR) is 118 cm³/mol. The van der Waals surface area contributed by atoms with Crippen LogP contribution in [-0.4, -0.2) is 23.8 Å². The summed E-state index contributed by atoms with van der Waals surface area (Å²) in [5, 5.41) is 13.6. The number of aliphatic hydroxyl groups is 1. The van der Waals surface area contributed by atoms with Crippen LogP contribution >= 0.6 is 0 Å². The molecule has 4 rings (SSSR count). The van der Waals surface area contributed by atoms with Gasteiger partial charge >= 0.3 is 0 Å². The molecule has 160 valence electrons. The number of fused-ring (bicyclic) bond motifs is 5. The largest absolute Gasteiger partial charge is 0.393 e. The first kappa shape index (κ1) is 20.9. The summed E-state index contributed by atoms with van der Waals surface area (Å²) in [4.78, 5) is 0. The molecule has 0 bridgehead atoms. The molecule has 0 heterocycles. The number of allylic oxidation sites excluding steroid dienone is 1. The first-order valence-electron chi connectivity index (χ1n) is 12.3. The monoisotopic (exact) mass is 387 g/mol. The van der Waals surface area contributed by atoms with Crippen molar-refractivity contribution in [2.24, 2.45) is 40.9 Å². The molecule has 28 heavy (non-hydrogen) atoms. The molecule has 2 heteroatoms. The molecule has 0 aromatic heterocycles. The van der Waals surface area contributed by atoms with Crippen molar-refractivity contribution in [3.8, 4) is 0 Å². The first-order chi connectivity index (χ1) is 13.2. The van der Waals surface area contributed by atoms with E-state index in [2.05, 4.69) is 46.1 Å². The van der Waals surface area contributed by atoms with E-state index in [1.807, 2.05) is 0 Å². The third-order valence-electron chi connectivity index (χ3n) is 10.1. The molecular formula is C26H45NO. The fourth-order valence-electron chi connectivity index (χ4n) is 8.14. The van der Waals surface area contributed by atoms with E-state index in [1.165, 1.54) is 51.4 Å². The van der Waals surface area contributed by atoms with Crippen LogP contribution in [0.25, 0.3) is 0 Å². The molecule has 8 atom stereocenters. The minimum absolute atomic E-state index is 0.0634. The number of rotatable bonds is 5. The van der Waals surface area contributed by atoms with Crippen LogP contribution < -0.4 is 5.32 Å². The van der Waals surface area contributed by atoms with Crippen LogP contribution in [0.1, 0.15) is 91.9 Å². The molecule has 0 saturated heterocycles. The van der Waals surface area contributed by atoms with Gasteiger partial charge < -0.3 is 10.4 Å². The van der Waals surface area contributed by atoms with Gasteiger partial charge in [-0.05, 0) is 126 Å². The Morgan fingerprint density at radius 3 is 2.71 bits per heavy atom. The molecule has 8 unspecified atom stereocenters. The van der Waals surface area contributed by atoms with E-state index in [0.717, 1.165) is 48.3 Å². The number of hydrogen-bond acceptors (Lipinski definition) is 2. The summed E-state index contributed by atoms with van der Waals surface area (Å²) < 4.78 is 0. The highest BCUT2D eigenvalue weighted by Crippen LogP contribution is 2.64. The highest BCUT2D eigenvalue weighted by atomic mass is 16.3. The Labute approximate surface area is 173 Å². The van der Waals surface area contributed by atoms with Crippen molar-refractivity contribution < 1.29 is 5.11 Å². The maximum atomic E-state index is 10.1. The van der Waals surface area contributed by atoms with Crippen LogP contribution in [0.4, 0.5) is 0 Å². The zero-order chi connectivity index (χ0) is 20.1. The Hall–Kier alpha value is -0.340. The molecule has 0 amide bonds. The van der Waals surface area contributed by atoms with Crippen LogP contribution in [0.15, 0.2) is 11.6 Å². The summed E-state index contributed by atoms with van der Waals surface area (Å²) in [6, 6.07) is 0. The maximum absolute atomic E-state index is 10.1. The SMILES string of the molecule is CNC(C)(C)CCC(C)C1CCC2C3CC=C4CC(O)CCC4C3CCC12C. The molecule has 4 aliphatic carbocycles. The topological polar surface area (TPSA) is 32.3 Å². The van der Waals surface area contributed by atoms with Gasteiger partial charge in [-0.25, -0.2) is 0 Å². The molecule has 3 fully saturated rings. The fraction of sp³-hybridized carbons (Fsp3) is 0.923. The molecule has 3 saturated carbocycles. The fourth-order valence-corrected chi connectivity index (χ4v) is 8.14. The smallest absolute Gasteiger partial charge is 0.0577 e. The van der Waals surface area contributed by atoms with Crippen molar-refractivity contribution in [3.05, 3.63) is 11.6 Å². The number of aliphatic hydroxyl groups excluding tert-OH is 1. The summed E-state index contributed by atoms with van der Waals surface area (Å²) >= 11 is 0. The molecule has 2 N–H and O–H groups in total. The van der Waals surface area contributed by atoms with Crippen LogP contribution in [0.5, 0.6) is 0 Å². The van der Waals surface area contributed by atoms with Gasteiger partial charge in [-0.2, -0.15) is 0 Å². The highest BCUT2D eigenvalue weighted by Gasteiger charge is 2.56. The minimum Gasteiger partial charge on any atom is -0.393 e. The Kier molecular flexibility index (Phi) is 5.77. The van der Waals surface area contributed by atoms with Gasteiger partial charge in [-0.3, -0.25) is 0 Å². The van der Waals surface area contributed by atoms with Crippen molar-refractivity contribution in [1.82, 2.24) is 5.32 Å². The summed E-state index contributed by atoms with van der Waals surface area (Å²) in [6.45, 7) is 9.92. The normalized spacial score (nSPS) is 44.3. The van der Waals surface area contributed by atoms with Gasteiger partial charge in [0.2, 0.25) is 0 Å². The third kappa shape index (κ3) is 3.62. The van der Waals surface area contributed by atoms with Gasteiger partial charge in [-0.15, -0.1) is 0 Å². The second-order valence-electron chi connectivity index (χ2n) is 11.9. The van der Waals surface area contributed by atoms with Crippen LogP contribution in [-0.2, 0) is 0 Å². The van der Waals surface area contributed by atoms with E-state index >= 15 is 0 Å². The minimum atomic E-state index is -0.0634. The van der Waals surface area contributed by atoms with Gasteiger partial charge in [0.25, 0.3) is 0 Å². The quantitative estimate of drug-likeness (QED) is 0.571. The molecule has 0 spiro atoms. The van der Waals surface area contributed by atoms with Gasteiger partial charge in [0.1, 0.15) is 0 Å². The predicted octanol–water partition coefficient (Wildman–Crippen LogP) is 5.95. The zero-order valence-corrected chi connectivity index (χ0v) is 19.1. The zero-order valence-electron chi connectivity index (χ0n) is 19.1. The van der Waals surface area contributed by atoms with Gasteiger partial charge in [-0.1, -0.05) is 25.5 Å². The van der Waals surface area contributed by atoms with Gasteiger partial charge in [0.15, 0.2) is 0 Å². The van der Waals surface area contributed by atoms with Gasteiger partial charge in [0, 0.05) is 5.54 Å².